The third-order valence-electron chi connectivity index (χ3n) is 6.63. The van der Waals surface area contributed by atoms with Crippen molar-refractivity contribution in [2.45, 2.75) is 56.6 Å². The van der Waals surface area contributed by atoms with E-state index in [-0.39, 0.29) is 10.3 Å². The Kier molecular flexibility index (Phi) is 4.82. The molecule has 0 aliphatic carbocycles. The summed E-state index contributed by atoms with van der Waals surface area (Å²) < 4.78 is 12.4. The minimum atomic E-state index is -0.443. The van der Waals surface area contributed by atoms with E-state index in [1.165, 1.54) is 27.2 Å². The van der Waals surface area contributed by atoms with Crippen LogP contribution in [0, 0.1) is 0 Å². The largest absolute Gasteiger partial charge is 0.347 e. The van der Waals surface area contributed by atoms with Gasteiger partial charge in [0.1, 0.15) is 0 Å². The van der Waals surface area contributed by atoms with Gasteiger partial charge in [-0.1, -0.05) is 96.3 Å². The number of benzene rings is 3. The lowest BCUT2D eigenvalue weighted by Gasteiger charge is -2.55. The highest BCUT2D eigenvalue weighted by Gasteiger charge is 2.57. The normalized spacial score (nSPS) is 22.5. The molecule has 1 spiro atoms. The number of ether oxygens (including phenoxy) is 2. The summed E-state index contributed by atoms with van der Waals surface area (Å²) >= 11 is 0. The Morgan fingerprint density at radius 2 is 1.30 bits per heavy atom. The van der Waals surface area contributed by atoms with Gasteiger partial charge in [-0.15, -0.1) is 0 Å². The molecule has 3 heteroatoms. The molecule has 0 unspecified atom stereocenters. The molecule has 156 valence electrons. The van der Waals surface area contributed by atoms with Crippen molar-refractivity contribution in [3.63, 3.8) is 0 Å². The zero-order valence-corrected chi connectivity index (χ0v) is 19.3. The molecule has 2 aliphatic rings. The van der Waals surface area contributed by atoms with Crippen molar-refractivity contribution < 1.29 is 9.47 Å². The second-order valence-corrected chi connectivity index (χ2v) is 13.6. The van der Waals surface area contributed by atoms with E-state index in [0.29, 0.717) is 0 Å². The topological polar surface area (TPSA) is 18.5 Å². The van der Waals surface area contributed by atoms with Gasteiger partial charge in [0.05, 0.1) is 13.2 Å². The van der Waals surface area contributed by atoms with E-state index in [0.717, 1.165) is 26.1 Å². The lowest BCUT2D eigenvalue weighted by molar-refractivity contribution is -0.178. The second-order valence-electron chi connectivity index (χ2n) is 10.0. The first-order valence-electron chi connectivity index (χ1n) is 11.0. The van der Waals surface area contributed by atoms with Gasteiger partial charge in [0, 0.05) is 12.8 Å². The molecule has 0 radical (unpaired) electrons. The van der Waals surface area contributed by atoms with Crippen LogP contribution in [-0.4, -0.2) is 29.3 Å². The van der Waals surface area contributed by atoms with Gasteiger partial charge in [-0.3, -0.25) is 0 Å². The average Bonchev–Trinajstić information content (AvgIpc) is 3.12. The molecule has 3 aromatic carbocycles. The predicted octanol–water partition coefficient (Wildman–Crippen LogP) is 6.71. The molecule has 2 saturated heterocycles. The molecule has 0 aromatic heterocycles. The van der Waals surface area contributed by atoms with E-state index >= 15 is 0 Å². The van der Waals surface area contributed by atoms with Crippen molar-refractivity contribution in [2.75, 3.05) is 13.2 Å². The Morgan fingerprint density at radius 3 is 2.00 bits per heavy atom. The van der Waals surface area contributed by atoms with Crippen molar-refractivity contribution in [3.05, 3.63) is 66.7 Å². The number of fused-ring (bicyclic) bond motifs is 1. The molecule has 2 nitrogen and oxygen atoms in total. The molecular formula is C27H31O2P. The van der Waals surface area contributed by atoms with Gasteiger partial charge in [-0.05, 0) is 43.6 Å². The summed E-state index contributed by atoms with van der Waals surface area (Å²) in [5.41, 5.74) is 2.69. The quantitative estimate of drug-likeness (QED) is 0.431. The van der Waals surface area contributed by atoms with Crippen molar-refractivity contribution in [3.8, 4) is 11.1 Å². The van der Waals surface area contributed by atoms with Crippen LogP contribution in [0.15, 0.2) is 66.7 Å². The first kappa shape index (κ1) is 20.2. The first-order valence-corrected chi connectivity index (χ1v) is 12.3. The van der Waals surface area contributed by atoms with Crippen LogP contribution in [0.1, 0.15) is 40.5 Å². The lowest BCUT2D eigenvalue weighted by atomic mass is 9.91. The van der Waals surface area contributed by atoms with Gasteiger partial charge in [0.25, 0.3) is 0 Å². The molecule has 5 rings (SSSR count). The maximum absolute atomic E-state index is 6.19. The van der Waals surface area contributed by atoms with Crippen molar-refractivity contribution in [1.29, 1.82) is 0 Å². The Morgan fingerprint density at radius 1 is 0.700 bits per heavy atom. The SMILES string of the molecule is CC1(C)CC2(CC(C)(C)P1c1ccccc1-c1ccc3ccccc3c1)OCCO2. The van der Waals surface area contributed by atoms with Crippen LogP contribution in [0.5, 0.6) is 0 Å². The summed E-state index contributed by atoms with van der Waals surface area (Å²) in [6.07, 6.45) is 1.92. The van der Waals surface area contributed by atoms with E-state index in [2.05, 4.69) is 94.4 Å². The van der Waals surface area contributed by atoms with Crippen LogP contribution in [0.2, 0.25) is 0 Å². The third kappa shape index (κ3) is 3.40. The summed E-state index contributed by atoms with van der Waals surface area (Å²) in [6, 6.07) is 24.6. The minimum Gasteiger partial charge on any atom is -0.347 e. The van der Waals surface area contributed by atoms with Crippen LogP contribution in [-0.2, 0) is 9.47 Å². The molecule has 2 aliphatic heterocycles. The smallest absolute Gasteiger partial charge is 0.170 e. The van der Waals surface area contributed by atoms with E-state index in [1.54, 1.807) is 0 Å². The third-order valence-corrected chi connectivity index (χ3v) is 10.2. The van der Waals surface area contributed by atoms with Crippen LogP contribution in [0.4, 0.5) is 0 Å². The predicted molar refractivity (Wildman–Crippen MR) is 128 cm³/mol. The number of hydrogen-bond donors (Lipinski definition) is 0. The molecule has 0 saturated carbocycles. The Bertz CT molecular complexity index is 1060. The standard InChI is InChI=1S/C27H31O2P/c1-25(2)18-27(28-15-16-29-27)19-26(3,4)30(25)24-12-8-7-11-23(24)22-14-13-20-9-5-6-10-21(20)17-22/h5-14,17H,15-16,18-19H2,1-4H3. The Hall–Kier alpha value is -1.73. The van der Waals surface area contributed by atoms with Crippen molar-refractivity contribution in [1.82, 2.24) is 0 Å². The highest BCUT2D eigenvalue weighted by molar-refractivity contribution is 7.69. The van der Waals surface area contributed by atoms with E-state index in [9.17, 15) is 0 Å². The number of rotatable bonds is 2. The van der Waals surface area contributed by atoms with E-state index in [4.69, 9.17) is 9.47 Å². The second kappa shape index (κ2) is 7.16. The monoisotopic (exact) mass is 418 g/mol. The van der Waals surface area contributed by atoms with Crippen molar-refractivity contribution >= 4 is 24.0 Å². The summed E-state index contributed by atoms with van der Waals surface area (Å²) in [7, 11) is -0.443. The van der Waals surface area contributed by atoms with Gasteiger partial charge >= 0.3 is 0 Å². The zero-order valence-electron chi connectivity index (χ0n) is 18.4. The fourth-order valence-corrected chi connectivity index (χ4v) is 10.4. The highest BCUT2D eigenvalue weighted by atomic mass is 31.1. The molecule has 0 bridgehead atoms. The molecule has 3 aromatic rings. The maximum Gasteiger partial charge on any atom is 0.170 e. The van der Waals surface area contributed by atoms with E-state index < -0.39 is 13.7 Å². The van der Waals surface area contributed by atoms with Gasteiger partial charge in [0.15, 0.2) is 5.79 Å². The average molecular weight is 419 g/mol. The molecule has 0 amide bonds. The zero-order chi connectivity index (χ0) is 21.0. The summed E-state index contributed by atoms with van der Waals surface area (Å²) in [4.78, 5) is 0. The highest BCUT2D eigenvalue weighted by Crippen LogP contribution is 2.68. The summed E-state index contributed by atoms with van der Waals surface area (Å²) in [5, 5.41) is 4.33. The van der Waals surface area contributed by atoms with Crippen LogP contribution in [0.25, 0.3) is 21.9 Å². The molecule has 2 fully saturated rings. The summed E-state index contributed by atoms with van der Waals surface area (Å²) in [6.45, 7) is 11.1. The van der Waals surface area contributed by atoms with Gasteiger partial charge in [0.2, 0.25) is 0 Å². The van der Waals surface area contributed by atoms with Gasteiger partial charge in [-0.2, -0.15) is 0 Å². The molecule has 2 heterocycles. The molecule has 30 heavy (non-hydrogen) atoms. The van der Waals surface area contributed by atoms with E-state index in [1.807, 2.05) is 0 Å². The van der Waals surface area contributed by atoms with Gasteiger partial charge in [-0.25, -0.2) is 0 Å². The first-order chi connectivity index (χ1) is 14.3. The maximum atomic E-state index is 6.19. The molecular weight excluding hydrogens is 387 g/mol. The Labute approximate surface area is 181 Å². The summed E-state index contributed by atoms with van der Waals surface area (Å²) in [5.74, 6) is -0.399. The fourth-order valence-electron chi connectivity index (χ4n) is 5.98. The van der Waals surface area contributed by atoms with Gasteiger partial charge < -0.3 is 9.47 Å². The fraction of sp³-hybridized carbons (Fsp3) is 0.407. The molecule has 0 N–H and O–H groups in total. The Balaban J connectivity index is 1.62. The lowest BCUT2D eigenvalue weighted by Crippen LogP contribution is -2.52. The van der Waals surface area contributed by atoms with Crippen LogP contribution < -0.4 is 5.30 Å². The minimum absolute atomic E-state index is 0.119. The van der Waals surface area contributed by atoms with Crippen molar-refractivity contribution in [2.24, 2.45) is 0 Å². The van der Waals surface area contributed by atoms with Crippen LogP contribution >= 0.6 is 7.92 Å². The number of hydrogen-bond acceptors (Lipinski definition) is 2. The molecule has 0 atom stereocenters. The van der Waals surface area contributed by atoms with Crippen LogP contribution in [0.3, 0.4) is 0 Å².